The zero-order valence-corrected chi connectivity index (χ0v) is 31.7. The zero-order chi connectivity index (χ0) is 32.4. The number of aliphatic hydroxyl groups is 1. The highest BCUT2D eigenvalue weighted by Crippen LogP contribution is 2.53. The fourth-order valence-electron chi connectivity index (χ4n) is 6.58. The predicted molar refractivity (Wildman–Crippen MR) is 178 cm³/mol. The molecular formula is C33H57IO8Si. The summed E-state index contributed by atoms with van der Waals surface area (Å²) in [5.41, 5.74) is -2.03. The van der Waals surface area contributed by atoms with Crippen LogP contribution in [-0.4, -0.2) is 83.0 Å². The Morgan fingerprint density at radius 1 is 1.09 bits per heavy atom. The Kier molecular flexibility index (Phi) is 10.1. The fourth-order valence-corrected chi connectivity index (χ4v) is 8.47. The molecule has 4 heterocycles. The van der Waals surface area contributed by atoms with E-state index in [1.165, 1.54) is 6.08 Å². The van der Waals surface area contributed by atoms with E-state index in [1.54, 1.807) is 13.8 Å². The predicted octanol–water partition coefficient (Wildman–Crippen LogP) is 6.86. The number of esters is 1. The molecule has 10 atom stereocenters. The summed E-state index contributed by atoms with van der Waals surface area (Å²) >= 11 is 2.40. The first-order valence-electron chi connectivity index (χ1n) is 16.1. The molecule has 4 fully saturated rings. The van der Waals surface area contributed by atoms with Crippen LogP contribution in [0.5, 0.6) is 0 Å². The monoisotopic (exact) mass is 736 g/mol. The van der Waals surface area contributed by atoms with Crippen molar-refractivity contribution >= 4 is 36.9 Å². The number of epoxide rings is 1. The Labute approximate surface area is 274 Å². The van der Waals surface area contributed by atoms with Crippen molar-refractivity contribution in [3.05, 3.63) is 11.6 Å². The SMILES string of the molecule is C/C(=C\C(=O)OC(C)(C)C)[C@@](C)(O)[C@H](O[Si](C)(C)C(C)(C)C)[C@H]1O[C@@H]1[C@@H]1CC[C@H]2O[C@@]3(CC[C@]2(C)O1)O[C@@H](CI)C[C@@H]3C. The van der Waals surface area contributed by atoms with Gasteiger partial charge in [-0.1, -0.05) is 50.3 Å². The molecule has 0 aromatic carbocycles. The summed E-state index contributed by atoms with van der Waals surface area (Å²) < 4.78 is 39.9. The van der Waals surface area contributed by atoms with Gasteiger partial charge in [-0.2, -0.15) is 0 Å². The zero-order valence-electron chi connectivity index (χ0n) is 28.5. The van der Waals surface area contributed by atoms with E-state index in [2.05, 4.69) is 70.3 Å². The molecule has 10 heteroatoms. The van der Waals surface area contributed by atoms with Gasteiger partial charge in [-0.15, -0.1) is 0 Å². The van der Waals surface area contributed by atoms with Crippen molar-refractivity contribution in [2.45, 2.75) is 179 Å². The Bertz CT molecular complexity index is 1060. The summed E-state index contributed by atoms with van der Waals surface area (Å²) in [4.78, 5) is 12.7. The second kappa shape index (κ2) is 12.2. The van der Waals surface area contributed by atoms with E-state index in [0.29, 0.717) is 11.5 Å². The molecule has 248 valence electrons. The summed E-state index contributed by atoms with van der Waals surface area (Å²) in [5, 5.41) is 12.0. The molecule has 0 amide bonds. The Hall–Kier alpha value is -0.0831. The van der Waals surface area contributed by atoms with Gasteiger partial charge in [0.15, 0.2) is 14.1 Å². The van der Waals surface area contributed by atoms with E-state index in [9.17, 15) is 9.90 Å². The largest absolute Gasteiger partial charge is 0.457 e. The van der Waals surface area contributed by atoms with E-state index in [1.807, 2.05) is 20.8 Å². The Balaban J connectivity index is 1.51. The highest BCUT2D eigenvalue weighted by molar-refractivity contribution is 14.1. The van der Waals surface area contributed by atoms with Crippen molar-refractivity contribution in [2.24, 2.45) is 5.92 Å². The fraction of sp³-hybridized carbons (Fsp3) is 0.909. The number of carbonyl (C=O) groups excluding carboxylic acids is 1. The quantitative estimate of drug-likeness (QED) is 0.0722. The smallest absolute Gasteiger partial charge is 0.331 e. The molecule has 0 bridgehead atoms. The third-order valence-corrected chi connectivity index (χ3v) is 16.0. The Morgan fingerprint density at radius 3 is 2.30 bits per heavy atom. The molecule has 1 N–H and O–H groups in total. The molecule has 0 aliphatic carbocycles. The molecule has 0 unspecified atom stereocenters. The number of ether oxygens (including phenoxy) is 5. The molecule has 1 spiro atoms. The lowest BCUT2D eigenvalue weighted by Gasteiger charge is -2.53. The topological polar surface area (TPSA) is 96.0 Å². The summed E-state index contributed by atoms with van der Waals surface area (Å²) in [5.74, 6) is -0.633. The molecule has 4 rings (SSSR count). The van der Waals surface area contributed by atoms with Crippen LogP contribution >= 0.6 is 22.6 Å². The number of hydrogen-bond donors (Lipinski definition) is 1. The summed E-state index contributed by atoms with van der Waals surface area (Å²) in [6, 6.07) is 0. The molecule has 43 heavy (non-hydrogen) atoms. The van der Waals surface area contributed by atoms with Gasteiger partial charge in [0.1, 0.15) is 29.5 Å². The second-order valence-electron chi connectivity index (χ2n) is 16.4. The maximum atomic E-state index is 12.7. The van der Waals surface area contributed by atoms with E-state index >= 15 is 0 Å². The number of halogens is 1. The first-order chi connectivity index (χ1) is 19.5. The van der Waals surface area contributed by atoms with E-state index < -0.39 is 43.0 Å². The van der Waals surface area contributed by atoms with Gasteiger partial charge in [-0.05, 0) is 90.9 Å². The van der Waals surface area contributed by atoms with Gasteiger partial charge in [-0.25, -0.2) is 4.79 Å². The van der Waals surface area contributed by atoms with Crippen LogP contribution in [0.3, 0.4) is 0 Å². The number of hydrogen-bond acceptors (Lipinski definition) is 8. The van der Waals surface area contributed by atoms with E-state index in [4.69, 9.17) is 28.1 Å². The molecule has 4 aliphatic heterocycles. The van der Waals surface area contributed by atoms with Gasteiger partial charge in [-0.3, -0.25) is 0 Å². The lowest BCUT2D eigenvalue weighted by molar-refractivity contribution is -0.343. The number of fused-ring (bicyclic) bond motifs is 1. The van der Waals surface area contributed by atoms with Crippen molar-refractivity contribution in [1.29, 1.82) is 0 Å². The average molecular weight is 737 g/mol. The third kappa shape index (κ3) is 7.57. The van der Waals surface area contributed by atoms with E-state index in [-0.39, 0.29) is 35.6 Å². The van der Waals surface area contributed by atoms with Gasteiger partial charge in [0.05, 0.1) is 23.9 Å². The maximum Gasteiger partial charge on any atom is 0.331 e. The van der Waals surface area contributed by atoms with Gasteiger partial charge in [0.2, 0.25) is 0 Å². The third-order valence-electron chi connectivity index (χ3n) is 10.6. The van der Waals surface area contributed by atoms with Gasteiger partial charge in [0, 0.05) is 22.8 Å². The van der Waals surface area contributed by atoms with Crippen LogP contribution in [0.4, 0.5) is 0 Å². The average Bonchev–Trinajstić information content (AvgIpc) is 3.58. The molecule has 8 nitrogen and oxygen atoms in total. The van der Waals surface area contributed by atoms with Crippen LogP contribution in [0.15, 0.2) is 11.6 Å². The molecular weight excluding hydrogens is 679 g/mol. The molecule has 0 aromatic rings. The van der Waals surface area contributed by atoms with E-state index in [0.717, 1.165) is 36.5 Å². The minimum absolute atomic E-state index is 0.0356. The molecule has 4 saturated heterocycles. The van der Waals surface area contributed by atoms with Crippen LogP contribution in [-0.2, 0) is 32.9 Å². The van der Waals surface area contributed by atoms with Crippen molar-refractivity contribution in [2.75, 3.05) is 4.43 Å². The minimum atomic E-state index is -2.34. The standard InChI is InChI=1S/C33H57IO8Si/c1-20(18-25(35)41-29(3,4)5)32(10,36)28(42-43(11,12)30(6,7)8)27-26(37-27)23-13-14-24-31(9,39-23)15-16-33(40-24)21(2)17-22(19-34)38-33/h18,21-24,26-28,36H,13-17,19H2,1-12H3/b20-18+/t21-,22+,23-,24+,26+,27-,28+,31-,32+,33+/m0/s1. The number of rotatable bonds is 8. The van der Waals surface area contributed by atoms with Crippen molar-refractivity contribution in [1.82, 2.24) is 0 Å². The summed E-state index contributed by atoms with van der Waals surface area (Å²) in [7, 11) is -2.34. The van der Waals surface area contributed by atoms with Gasteiger partial charge >= 0.3 is 5.97 Å². The molecule has 0 aromatic heterocycles. The molecule has 0 radical (unpaired) electrons. The van der Waals surface area contributed by atoms with Crippen LogP contribution in [0.2, 0.25) is 18.1 Å². The Morgan fingerprint density at radius 2 is 1.74 bits per heavy atom. The molecule has 0 saturated carbocycles. The normalized spacial score (nSPS) is 39.3. The molecule has 4 aliphatic rings. The summed E-state index contributed by atoms with van der Waals surface area (Å²) in [6.07, 6.45) is 4.58. The first-order valence-corrected chi connectivity index (χ1v) is 20.5. The second-order valence-corrected chi connectivity index (χ2v) is 22.0. The lowest BCUT2D eigenvalue weighted by atomic mass is 9.78. The van der Waals surface area contributed by atoms with Crippen LogP contribution < -0.4 is 0 Å². The number of alkyl halides is 1. The first kappa shape index (κ1) is 35.8. The van der Waals surface area contributed by atoms with Crippen LogP contribution in [0, 0.1) is 5.92 Å². The highest BCUT2D eigenvalue weighted by Gasteiger charge is 2.62. The lowest BCUT2D eigenvalue weighted by Crippen LogP contribution is -2.60. The van der Waals surface area contributed by atoms with Gasteiger partial charge < -0.3 is 33.2 Å². The number of carbonyl (C=O) groups is 1. The van der Waals surface area contributed by atoms with Crippen molar-refractivity contribution in [3.8, 4) is 0 Å². The van der Waals surface area contributed by atoms with Crippen molar-refractivity contribution in [3.63, 3.8) is 0 Å². The highest BCUT2D eigenvalue weighted by atomic mass is 127. The van der Waals surface area contributed by atoms with Crippen molar-refractivity contribution < 1.29 is 38.0 Å². The van der Waals surface area contributed by atoms with Crippen LogP contribution in [0.1, 0.15) is 101 Å². The van der Waals surface area contributed by atoms with Gasteiger partial charge in [0.25, 0.3) is 0 Å². The minimum Gasteiger partial charge on any atom is -0.457 e. The maximum absolute atomic E-state index is 12.7. The summed E-state index contributed by atoms with van der Waals surface area (Å²) in [6.45, 7) is 24.3. The van der Waals surface area contributed by atoms with Crippen LogP contribution in [0.25, 0.3) is 0 Å².